The topological polar surface area (TPSA) is 76.4 Å². The van der Waals surface area contributed by atoms with Crippen LogP contribution in [0.2, 0.25) is 0 Å². The third-order valence-corrected chi connectivity index (χ3v) is 5.12. The van der Waals surface area contributed by atoms with Gasteiger partial charge in [0.25, 0.3) is 0 Å². The Balaban J connectivity index is 2.76. The summed E-state index contributed by atoms with van der Waals surface area (Å²) in [7, 11) is 2.11. The Kier molecular flexibility index (Phi) is 5.88. The van der Waals surface area contributed by atoms with E-state index >= 15 is 0 Å². The first-order chi connectivity index (χ1) is 13.0. The fraction of sp³-hybridized carbons (Fsp3) is 0.450. The lowest BCUT2D eigenvalue weighted by molar-refractivity contribution is -0.173. The van der Waals surface area contributed by atoms with Crippen LogP contribution in [-0.4, -0.2) is 32.3 Å². The maximum Gasteiger partial charge on any atom is 0.389 e. The van der Waals surface area contributed by atoms with Gasteiger partial charge in [-0.25, -0.2) is 0 Å². The van der Waals surface area contributed by atoms with Crippen LogP contribution in [0.1, 0.15) is 31.7 Å². The van der Waals surface area contributed by atoms with Crippen LogP contribution in [0.15, 0.2) is 35.9 Å². The SMILES string of the molecule is COC(=O)C1(C(=O)OC)C/C(=C(/C#N)c2ccccc2)C(C)(CC(F)(F)F)C1. The van der Waals surface area contributed by atoms with Crippen molar-refractivity contribution in [2.24, 2.45) is 10.8 Å². The number of benzene rings is 1. The van der Waals surface area contributed by atoms with Crippen molar-refractivity contribution < 1.29 is 32.2 Å². The summed E-state index contributed by atoms with van der Waals surface area (Å²) in [5.41, 5.74) is -3.06. The zero-order valence-corrected chi connectivity index (χ0v) is 15.7. The third kappa shape index (κ3) is 3.88. The summed E-state index contributed by atoms with van der Waals surface area (Å²) in [6.45, 7) is 1.31. The van der Waals surface area contributed by atoms with E-state index in [0.29, 0.717) is 5.56 Å². The molecular weight excluding hydrogens is 375 g/mol. The van der Waals surface area contributed by atoms with E-state index in [1.165, 1.54) is 6.92 Å². The number of carbonyl (C=O) groups is 2. The maximum absolute atomic E-state index is 13.4. The number of ether oxygens (including phenoxy) is 2. The molecule has 8 heteroatoms. The molecule has 0 amide bonds. The predicted octanol–water partition coefficient (Wildman–Crippen LogP) is 4.05. The van der Waals surface area contributed by atoms with Crippen LogP contribution >= 0.6 is 0 Å². The summed E-state index contributed by atoms with van der Waals surface area (Å²) in [6.07, 6.45) is -6.70. The number of rotatable bonds is 4. The smallest absolute Gasteiger partial charge is 0.389 e. The van der Waals surface area contributed by atoms with Crippen molar-refractivity contribution in [3.05, 3.63) is 41.5 Å². The van der Waals surface area contributed by atoms with Crippen molar-refractivity contribution in [1.82, 2.24) is 0 Å². The molecule has 0 heterocycles. The standard InChI is InChI=1S/C20H20F3NO4/c1-18(12-20(21,22)23)11-19(16(25)27-2,17(26)28-3)9-15(18)14(10-24)13-7-5-4-6-8-13/h4-8H,9,11-12H2,1-3H3/b15-14+. The fourth-order valence-electron chi connectivity index (χ4n) is 4.03. The largest absolute Gasteiger partial charge is 0.468 e. The second kappa shape index (κ2) is 7.66. The van der Waals surface area contributed by atoms with Gasteiger partial charge in [0.05, 0.1) is 32.3 Å². The van der Waals surface area contributed by atoms with Gasteiger partial charge in [-0.1, -0.05) is 37.3 Å². The number of hydrogen-bond donors (Lipinski definition) is 0. The zero-order valence-electron chi connectivity index (χ0n) is 15.7. The Morgan fingerprint density at radius 3 is 2.11 bits per heavy atom. The Labute approximate surface area is 160 Å². The lowest BCUT2D eigenvalue weighted by atomic mass is 9.76. The lowest BCUT2D eigenvalue weighted by Crippen LogP contribution is -2.40. The van der Waals surface area contributed by atoms with E-state index in [4.69, 9.17) is 9.47 Å². The van der Waals surface area contributed by atoms with Gasteiger partial charge in [-0.2, -0.15) is 18.4 Å². The highest BCUT2D eigenvalue weighted by molar-refractivity contribution is 6.02. The van der Waals surface area contributed by atoms with Gasteiger partial charge >= 0.3 is 18.1 Å². The minimum absolute atomic E-state index is 0.0158. The van der Waals surface area contributed by atoms with Gasteiger partial charge in [-0.3, -0.25) is 9.59 Å². The monoisotopic (exact) mass is 395 g/mol. The molecule has 1 aliphatic carbocycles. The van der Waals surface area contributed by atoms with Crippen LogP contribution in [0.4, 0.5) is 13.2 Å². The van der Waals surface area contributed by atoms with Crippen LogP contribution in [0.25, 0.3) is 5.57 Å². The molecule has 0 aliphatic heterocycles. The summed E-state index contributed by atoms with van der Waals surface area (Å²) in [5.74, 6) is -1.96. The summed E-state index contributed by atoms with van der Waals surface area (Å²) in [6, 6.07) is 10.2. The van der Waals surface area contributed by atoms with Gasteiger partial charge in [0.15, 0.2) is 5.41 Å². The third-order valence-electron chi connectivity index (χ3n) is 5.12. The van der Waals surface area contributed by atoms with E-state index in [9.17, 15) is 28.0 Å². The van der Waals surface area contributed by atoms with Crippen molar-refractivity contribution in [3.63, 3.8) is 0 Å². The molecule has 1 unspecified atom stereocenters. The summed E-state index contributed by atoms with van der Waals surface area (Å²) in [5, 5.41) is 9.71. The van der Waals surface area contributed by atoms with E-state index in [1.807, 2.05) is 6.07 Å². The maximum atomic E-state index is 13.4. The van der Waals surface area contributed by atoms with Crippen molar-refractivity contribution in [3.8, 4) is 6.07 Å². The van der Waals surface area contributed by atoms with Crippen molar-refractivity contribution in [2.75, 3.05) is 14.2 Å². The van der Waals surface area contributed by atoms with Gasteiger partial charge < -0.3 is 9.47 Å². The van der Waals surface area contributed by atoms with Crippen LogP contribution in [0.5, 0.6) is 0 Å². The number of methoxy groups -OCH3 is 2. The van der Waals surface area contributed by atoms with Crippen LogP contribution in [0, 0.1) is 22.2 Å². The number of halogens is 3. The van der Waals surface area contributed by atoms with Gasteiger partial charge in [-0.05, 0) is 24.0 Å². The Morgan fingerprint density at radius 1 is 1.14 bits per heavy atom. The quantitative estimate of drug-likeness (QED) is 0.437. The summed E-state index contributed by atoms with van der Waals surface area (Å²) < 4.78 is 49.6. The van der Waals surface area contributed by atoms with Gasteiger partial charge in [0, 0.05) is 5.41 Å². The number of carbonyl (C=O) groups excluding carboxylic acids is 2. The first-order valence-corrected chi connectivity index (χ1v) is 8.46. The van der Waals surface area contributed by atoms with Crippen LogP contribution in [0.3, 0.4) is 0 Å². The molecule has 1 saturated carbocycles. The van der Waals surface area contributed by atoms with Crippen LogP contribution < -0.4 is 0 Å². The molecule has 1 fully saturated rings. The number of alkyl halides is 3. The molecule has 1 aromatic rings. The fourth-order valence-corrected chi connectivity index (χ4v) is 4.03. The second-order valence-electron chi connectivity index (χ2n) is 7.10. The number of nitrogens with zero attached hydrogens (tertiary/aromatic N) is 1. The van der Waals surface area contributed by atoms with E-state index in [1.54, 1.807) is 30.3 Å². The molecule has 2 rings (SSSR count). The molecule has 0 aromatic heterocycles. The van der Waals surface area contributed by atoms with Gasteiger partial charge in [0.1, 0.15) is 0 Å². The van der Waals surface area contributed by atoms with E-state index in [2.05, 4.69) is 0 Å². The summed E-state index contributed by atoms with van der Waals surface area (Å²) in [4.78, 5) is 24.9. The highest BCUT2D eigenvalue weighted by Gasteiger charge is 2.62. The van der Waals surface area contributed by atoms with Crippen molar-refractivity contribution >= 4 is 17.5 Å². The van der Waals surface area contributed by atoms with Crippen molar-refractivity contribution in [2.45, 2.75) is 32.4 Å². The minimum Gasteiger partial charge on any atom is -0.468 e. The number of nitriles is 1. The van der Waals surface area contributed by atoms with E-state index < -0.39 is 41.8 Å². The van der Waals surface area contributed by atoms with Gasteiger partial charge in [0.2, 0.25) is 0 Å². The van der Waals surface area contributed by atoms with Crippen molar-refractivity contribution in [1.29, 1.82) is 5.26 Å². The highest BCUT2D eigenvalue weighted by atomic mass is 19.4. The zero-order chi connectivity index (χ0) is 21.2. The average molecular weight is 395 g/mol. The summed E-state index contributed by atoms with van der Waals surface area (Å²) >= 11 is 0. The number of allylic oxidation sites excluding steroid dienone is 2. The number of esters is 2. The molecule has 5 nitrogen and oxygen atoms in total. The van der Waals surface area contributed by atoms with E-state index in [-0.39, 0.29) is 17.6 Å². The molecule has 1 aromatic carbocycles. The molecule has 0 N–H and O–H groups in total. The minimum atomic E-state index is -4.57. The van der Waals surface area contributed by atoms with Crippen LogP contribution in [-0.2, 0) is 19.1 Å². The molecule has 150 valence electrons. The first kappa shape index (κ1) is 21.5. The predicted molar refractivity (Wildman–Crippen MR) is 93.5 cm³/mol. The lowest BCUT2D eigenvalue weighted by Gasteiger charge is -2.29. The normalized spacial score (nSPS) is 22.9. The molecule has 1 atom stereocenters. The highest BCUT2D eigenvalue weighted by Crippen LogP contribution is 2.59. The van der Waals surface area contributed by atoms with E-state index in [0.717, 1.165) is 14.2 Å². The second-order valence-corrected chi connectivity index (χ2v) is 7.10. The molecule has 0 saturated heterocycles. The molecular formula is C20H20F3NO4. The van der Waals surface area contributed by atoms with Gasteiger partial charge in [-0.15, -0.1) is 0 Å². The molecule has 0 bridgehead atoms. The molecule has 0 spiro atoms. The Hall–Kier alpha value is -2.82. The molecule has 0 radical (unpaired) electrons. The molecule has 1 aliphatic rings. The molecule has 28 heavy (non-hydrogen) atoms. The Bertz CT molecular complexity index is 823. The average Bonchev–Trinajstić information content (AvgIpc) is 2.94. The Morgan fingerprint density at radius 2 is 1.68 bits per heavy atom. The number of hydrogen-bond acceptors (Lipinski definition) is 5. The first-order valence-electron chi connectivity index (χ1n) is 8.46.